The lowest BCUT2D eigenvalue weighted by atomic mass is 10.1. The minimum atomic E-state index is -3.45. The number of methoxy groups -OCH3 is 1. The molecule has 0 aliphatic heterocycles. The first kappa shape index (κ1) is 14.8. The summed E-state index contributed by atoms with van der Waals surface area (Å²) in [6.45, 7) is 2.24. The van der Waals surface area contributed by atoms with Gasteiger partial charge in [0.15, 0.2) is 0 Å². The van der Waals surface area contributed by atoms with E-state index in [1.165, 1.54) is 0 Å². The maximum Gasteiger partial charge on any atom is 0.209 e. The van der Waals surface area contributed by atoms with Gasteiger partial charge < -0.3 is 9.47 Å². The molecule has 0 amide bonds. The Labute approximate surface area is 108 Å². The zero-order chi connectivity index (χ0) is 13.6. The smallest absolute Gasteiger partial charge is 0.209 e. The van der Waals surface area contributed by atoms with Crippen molar-refractivity contribution in [2.75, 3.05) is 19.5 Å². The van der Waals surface area contributed by atoms with E-state index in [1.807, 2.05) is 6.92 Å². The first-order chi connectivity index (χ1) is 8.44. The number of ether oxygens (including phenoxy) is 2. The molecule has 0 aliphatic carbocycles. The van der Waals surface area contributed by atoms with Gasteiger partial charge in [-0.1, -0.05) is 6.92 Å². The number of sulfonamides is 1. The number of primary sulfonamides is 1. The lowest BCUT2D eigenvalue weighted by molar-refractivity contribution is 0.257. The van der Waals surface area contributed by atoms with Crippen LogP contribution in [0.25, 0.3) is 0 Å². The van der Waals surface area contributed by atoms with Crippen molar-refractivity contribution in [3.8, 4) is 11.5 Å². The standard InChI is InChI=1S/C12H19NO4S/c1-3-10(9-18(13,14)15)8-17-12-6-4-11(16-2)5-7-12/h4-7,10H,3,8-9H2,1-2H3,(H2,13,14,15). The summed E-state index contributed by atoms with van der Waals surface area (Å²) in [5, 5.41) is 5.02. The van der Waals surface area contributed by atoms with Gasteiger partial charge in [-0.3, -0.25) is 0 Å². The molecule has 1 rings (SSSR count). The monoisotopic (exact) mass is 273 g/mol. The molecule has 0 fully saturated rings. The highest BCUT2D eigenvalue weighted by atomic mass is 32.2. The van der Waals surface area contributed by atoms with Crippen LogP contribution in [-0.4, -0.2) is 27.9 Å². The summed E-state index contributed by atoms with van der Waals surface area (Å²) < 4.78 is 32.6. The van der Waals surface area contributed by atoms with Crippen molar-refractivity contribution in [3.63, 3.8) is 0 Å². The van der Waals surface area contributed by atoms with Crippen molar-refractivity contribution >= 4 is 10.0 Å². The van der Waals surface area contributed by atoms with Gasteiger partial charge in [0.25, 0.3) is 0 Å². The second-order valence-electron chi connectivity index (χ2n) is 4.09. The predicted molar refractivity (Wildman–Crippen MR) is 70.2 cm³/mol. The molecule has 1 aromatic rings. The van der Waals surface area contributed by atoms with Crippen molar-refractivity contribution in [3.05, 3.63) is 24.3 Å². The molecule has 2 N–H and O–H groups in total. The zero-order valence-electron chi connectivity index (χ0n) is 10.6. The number of hydrogen-bond donors (Lipinski definition) is 1. The Morgan fingerprint density at radius 1 is 1.22 bits per heavy atom. The second kappa shape index (κ2) is 6.61. The maximum absolute atomic E-state index is 11.0. The normalized spacial score (nSPS) is 13.1. The van der Waals surface area contributed by atoms with Gasteiger partial charge in [0.2, 0.25) is 10.0 Å². The highest BCUT2D eigenvalue weighted by Crippen LogP contribution is 2.18. The van der Waals surface area contributed by atoms with E-state index in [0.29, 0.717) is 18.8 Å². The second-order valence-corrected chi connectivity index (χ2v) is 5.75. The molecule has 0 heterocycles. The lowest BCUT2D eigenvalue weighted by Gasteiger charge is -2.14. The summed E-state index contributed by atoms with van der Waals surface area (Å²) >= 11 is 0. The maximum atomic E-state index is 11.0. The summed E-state index contributed by atoms with van der Waals surface area (Å²) in [6, 6.07) is 7.14. The van der Waals surface area contributed by atoms with Crippen LogP contribution >= 0.6 is 0 Å². The Hall–Kier alpha value is -1.27. The van der Waals surface area contributed by atoms with Gasteiger partial charge in [-0.15, -0.1) is 0 Å². The largest absolute Gasteiger partial charge is 0.497 e. The molecule has 1 unspecified atom stereocenters. The van der Waals surface area contributed by atoms with E-state index in [-0.39, 0.29) is 11.7 Å². The zero-order valence-corrected chi connectivity index (χ0v) is 11.4. The minimum Gasteiger partial charge on any atom is -0.497 e. The fourth-order valence-electron chi connectivity index (χ4n) is 1.50. The molecular weight excluding hydrogens is 254 g/mol. The van der Waals surface area contributed by atoms with Crippen LogP contribution in [0.3, 0.4) is 0 Å². The lowest BCUT2D eigenvalue weighted by Crippen LogP contribution is -2.26. The van der Waals surface area contributed by atoms with Crippen LogP contribution in [0.5, 0.6) is 11.5 Å². The summed E-state index contributed by atoms with van der Waals surface area (Å²) in [4.78, 5) is 0. The molecule has 102 valence electrons. The molecule has 0 saturated carbocycles. The van der Waals surface area contributed by atoms with Gasteiger partial charge in [-0.05, 0) is 30.7 Å². The fraction of sp³-hybridized carbons (Fsp3) is 0.500. The van der Waals surface area contributed by atoms with Crippen LogP contribution in [0, 0.1) is 5.92 Å². The molecule has 18 heavy (non-hydrogen) atoms. The van der Waals surface area contributed by atoms with Crippen LogP contribution < -0.4 is 14.6 Å². The van der Waals surface area contributed by atoms with Crippen LogP contribution in [0.15, 0.2) is 24.3 Å². The van der Waals surface area contributed by atoms with Gasteiger partial charge in [-0.25, -0.2) is 13.6 Å². The van der Waals surface area contributed by atoms with Crippen LogP contribution in [-0.2, 0) is 10.0 Å². The Kier molecular flexibility index (Phi) is 5.43. The highest BCUT2D eigenvalue weighted by Gasteiger charge is 2.14. The predicted octanol–water partition coefficient (Wildman–Crippen LogP) is 1.39. The third kappa shape index (κ3) is 5.37. The molecule has 0 bridgehead atoms. The van der Waals surface area contributed by atoms with Crippen molar-refractivity contribution in [2.24, 2.45) is 11.1 Å². The molecule has 0 spiro atoms. The van der Waals surface area contributed by atoms with Gasteiger partial charge in [0.05, 0.1) is 19.5 Å². The molecular formula is C12H19NO4S. The van der Waals surface area contributed by atoms with Crippen molar-refractivity contribution < 1.29 is 17.9 Å². The van der Waals surface area contributed by atoms with Crippen LogP contribution in [0.2, 0.25) is 0 Å². The van der Waals surface area contributed by atoms with Gasteiger partial charge in [0, 0.05) is 5.92 Å². The summed E-state index contributed by atoms with van der Waals surface area (Å²) in [5.74, 6) is 1.28. The van der Waals surface area contributed by atoms with Crippen LogP contribution in [0.1, 0.15) is 13.3 Å². The quantitative estimate of drug-likeness (QED) is 0.814. The van der Waals surface area contributed by atoms with Gasteiger partial charge in [0.1, 0.15) is 11.5 Å². The molecule has 1 aromatic carbocycles. The summed E-state index contributed by atoms with van der Waals surface area (Å²) in [5.41, 5.74) is 0. The highest BCUT2D eigenvalue weighted by molar-refractivity contribution is 7.89. The Bertz CT molecular complexity index is 455. The molecule has 0 saturated heterocycles. The number of hydrogen-bond acceptors (Lipinski definition) is 4. The number of benzene rings is 1. The Balaban J connectivity index is 2.51. The van der Waals surface area contributed by atoms with E-state index < -0.39 is 10.0 Å². The fourth-order valence-corrected chi connectivity index (χ4v) is 2.49. The molecule has 6 heteroatoms. The van der Waals surface area contributed by atoms with Crippen molar-refractivity contribution in [1.82, 2.24) is 0 Å². The third-order valence-corrected chi connectivity index (χ3v) is 3.53. The first-order valence-corrected chi connectivity index (χ1v) is 7.43. The number of rotatable bonds is 7. The van der Waals surface area contributed by atoms with E-state index in [9.17, 15) is 8.42 Å². The van der Waals surface area contributed by atoms with Crippen molar-refractivity contribution in [1.29, 1.82) is 0 Å². The van der Waals surface area contributed by atoms with E-state index in [1.54, 1.807) is 31.4 Å². The Morgan fingerprint density at radius 3 is 2.22 bits per heavy atom. The molecule has 5 nitrogen and oxygen atoms in total. The number of nitrogens with two attached hydrogens (primary N) is 1. The van der Waals surface area contributed by atoms with E-state index in [4.69, 9.17) is 14.6 Å². The first-order valence-electron chi connectivity index (χ1n) is 5.72. The van der Waals surface area contributed by atoms with E-state index in [0.717, 1.165) is 5.75 Å². The van der Waals surface area contributed by atoms with E-state index in [2.05, 4.69) is 0 Å². The summed E-state index contributed by atoms with van der Waals surface area (Å²) in [6.07, 6.45) is 0.701. The third-order valence-electron chi connectivity index (χ3n) is 2.59. The molecule has 0 radical (unpaired) electrons. The molecule has 0 aromatic heterocycles. The van der Waals surface area contributed by atoms with Crippen LogP contribution in [0.4, 0.5) is 0 Å². The topological polar surface area (TPSA) is 78.6 Å². The Morgan fingerprint density at radius 2 is 1.78 bits per heavy atom. The van der Waals surface area contributed by atoms with Gasteiger partial charge in [-0.2, -0.15) is 0 Å². The molecule has 0 aliphatic rings. The van der Waals surface area contributed by atoms with E-state index >= 15 is 0 Å². The average Bonchev–Trinajstić information content (AvgIpc) is 2.33. The SMILES string of the molecule is CCC(COc1ccc(OC)cc1)CS(N)(=O)=O. The van der Waals surface area contributed by atoms with Crippen molar-refractivity contribution in [2.45, 2.75) is 13.3 Å². The van der Waals surface area contributed by atoms with Gasteiger partial charge >= 0.3 is 0 Å². The minimum absolute atomic E-state index is 0.0559. The molecule has 1 atom stereocenters. The average molecular weight is 273 g/mol. The summed E-state index contributed by atoms with van der Waals surface area (Å²) in [7, 11) is -1.86.